The van der Waals surface area contributed by atoms with E-state index in [0.29, 0.717) is 11.4 Å². The number of benzene rings is 3. The first kappa shape index (κ1) is 29.0. The van der Waals surface area contributed by atoms with Gasteiger partial charge < -0.3 is 15.2 Å². The Bertz CT molecular complexity index is 1210. The molecule has 0 spiro atoms. The third-order valence-electron chi connectivity index (χ3n) is 4.99. The molecule has 0 amide bonds. The molecule has 3 aromatic rings. The van der Waals surface area contributed by atoms with Crippen molar-refractivity contribution in [1.82, 2.24) is 4.72 Å². The van der Waals surface area contributed by atoms with Gasteiger partial charge in [0.05, 0.1) is 19.1 Å². The lowest BCUT2D eigenvalue weighted by Crippen LogP contribution is -2.42. The van der Waals surface area contributed by atoms with Crippen LogP contribution in [0.3, 0.4) is 0 Å². The van der Waals surface area contributed by atoms with E-state index in [1.807, 2.05) is 60.7 Å². The van der Waals surface area contributed by atoms with Crippen molar-refractivity contribution in [2.75, 3.05) is 14.2 Å². The van der Waals surface area contributed by atoms with E-state index in [1.165, 1.54) is 38.5 Å². The summed E-state index contributed by atoms with van der Waals surface area (Å²) in [6.45, 7) is 0. The molecule has 3 rings (SSSR count). The Hall–Kier alpha value is -3.24. The van der Waals surface area contributed by atoms with E-state index in [0.717, 1.165) is 11.1 Å². The summed E-state index contributed by atoms with van der Waals surface area (Å²) in [4.78, 5) is 22.9. The number of carbonyl (C=O) groups excluding carboxylic acids is 2. The van der Waals surface area contributed by atoms with Gasteiger partial charge in [-0.15, -0.1) is 0 Å². The summed E-state index contributed by atoms with van der Waals surface area (Å²) in [5, 5.41) is 0.428. The number of sulfonamides is 1. The van der Waals surface area contributed by atoms with Crippen LogP contribution in [0.2, 0.25) is 5.02 Å². The third kappa shape index (κ3) is 9.43. The molecule has 3 N–H and O–H groups in total. The highest BCUT2D eigenvalue weighted by molar-refractivity contribution is 7.89. The fraction of sp³-hybridized carbons (Fsp3) is 0.231. The number of nitrogens with one attached hydrogen (secondary N) is 1. The summed E-state index contributed by atoms with van der Waals surface area (Å²) in [5.41, 5.74) is 7.45. The van der Waals surface area contributed by atoms with Gasteiger partial charge in [0.15, 0.2) is 0 Å². The van der Waals surface area contributed by atoms with Gasteiger partial charge in [-0.25, -0.2) is 8.42 Å². The molecule has 0 bridgehead atoms. The molecule has 192 valence electrons. The van der Waals surface area contributed by atoms with Crippen LogP contribution in [0.25, 0.3) is 0 Å². The highest BCUT2D eigenvalue weighted by Gasteiger charge is 2.26. The van der Waals surface area contributed by atoms with Gasteiger partial charge >= 0.3 is 11.9 Å². The second-order valence-corrected chi connectivity index (χ2v) is 9.81. The first-order chi connectivity index (χ1) is 17.2. The van der Waals surface area contributed by atoms with Gasteiger partial charge in [0, 0.05) is 5.02 Å². The van der Waals surface area contributed by atoms with E-state index < -0.39 is 28.1 Å². The summed E-state index contributed by atoms with van der Waals surface area (Å²) < 4.78 is 36.4. The Balaban J connectivity index is 0.000000297. The molecular weight excluding hydrogens is 504 g/mol. The first-order valence-electron chi connectivity index (χ1n) is 10.9. The molecule has 0 aliphatic heterocycles. The molecule has 8 nitrogen and oxygen atoms in total. The fourth-order valence-electron chi connectivity index (χ4n) is 3.14. The minimum atomic E-state index is -3.86. The second kappa shape index (κ2) is 14.4. The van der Waals surface area contributed by atoms with Crippen molar-refractivity contribution in [3.63, 3.8) is 0 Å². The standard InChI is InChI=1S/C16H16ClNO4S.C10H13NO2/c1-22-16(19)15(11-12-5-3-2-4-6-12)18-23(20,21)14-9-7-13(17)8-10-14;1-13-10(12)9(11)7-8-5-3-2-4-6-8/h2-10,15,18H,11H2,1H3;2-6,9H,7,11H2,1H3. The fourth-order valence-corrected chi connectivity index (χ4v) is 4.45. The normalized spacial score (nSPS) is 12.4. The molecule has 0 aliphatic carbocycles. The van der Waals surface area contributed by atoms with Crippen molar-refractivity contribution < 1.29 is 27.5 Å². The van der Waals surface area contributed by atoms with Gasteiger partial charge in [-0.2, -0.15) is 4.72 Å². The third-order valence-corrected chi connectivity index (χ3v) is 6.73. The van der Waals surface area contributed by atoms with Crippen LogP contribution in [0.4, 0.5) is 0 Å². The van der Waals surface area contributed by atoms with Crippen molar-refractivity contribution in [3.8, 4) is 0 Å². The van der Waals surface area contributed by atoms with Crippen molar-refractivity contribution in [1.29, 1.82) is 0 Å². The number of ether oxygens (including phenoxy) is 2. The molecule has 0 saturated carbocycles. The minimum Gasteiger partial charge on any atom is -0.468 e. The smallest absolute Gasteiger partial charge is 0.324 e. The van der Waals surface area contributed by atoms with Crippen LogP contribution < -0.4 is 10.5 Å². The highest BCUT2D eigenvalue weighted by Crippen LogP contribution is 2.15. The van der Waals surface area contributed by atoms with Crippen molar-refractivity contribution in [2.24, 2.45) is 5.73 Å². The van der Waals surface area contributed by atoms with E-state index in [4.69, 9.17) is 22.1 Å². The minimum absolute atomic E-state index is 0.0314. The van der Waals surface area contributed by atoms with E-state index in [1.54, 1.807) is 0 Å². The number of hydrogen-bond acceptors (Lipinski definition) is 7. The number of esters is 2. The summed E-state index contributed by atoms with van der Waals surface area (Å²) in [7, 11) is -1.30. The Morgan fingerprint density at radius 1 is 0.806 bits per heavy atom. The molecule has 10 heteroatoms. The van der Waals surface area contributed by atoms with Gasteiger partial charge in [-0.05, 0) is 48.2 Å². The molecule has 0 fully saturated rings. The van der Waals surface area contributed by atoms with Crippen LogP contribution in [-0.4, -0.2) is 46.7 Å². The summed E-state index contributed by atoms with van der Waals surface area (Å²) in [6.07, 6.45) is 0.716. The molecule has 0 saturated heterocycles. The molecule has 36 heavy (non-hydrogen) atoms. The second-order valence-electron chi connectivity index (χ2n) is 7.66. The topological polar surface area (TPSA) is 125 Å². The molecule has 0 heterocycles. The Morgan fingerprint density at radius 2 is 1.28 bits per heavy atom. The van der Waals surface area contributed by atoms with Crippen LogP contribution in [0.5, 0.6) is 0 Å². The van der Waals surface area contributed by atoms with Crippen LogP contribution in [0.15, 0.2) is 89.8 Å². The van der Waals surface area contributed by atoms with Gasteiger partial charge in [0.25, 0.3) is 0 Å². The number of nitrogens with two attached hydrogens (primary N) is 1. The summed E-state index contributed by atoms with van der Waals surface area (Å²) in [6, 6.07) is 22.8. The Labute approximate surface area is 216 Å². The van der Waals surface area contributed by atoms with Gasteiger partial charge in [0.2, 0.25) is 10.0 Å². The SMILES string of the molecule is COC(=O)C(Cc1ccccc1)NS(=O)(=O)c1ccc(Cl)cc1.COC(=O)C(N)Cc1ccccc1. The number of carbonyl (C=O) groups is 2. The molecule has 0 aliphatic rings. The predicted molar refractivity (Wildman–Crippen MR) is 138 cm³/mol. The van der Waals surface area contributed by atoms with Crippen molar-refractivity contribution in [3.05, 3.63) is 101 Å². The number of halogens is 1. The zero-order valence-electron chi connectivity index (χ0n) is 20.0. The maximum absolute atomic E-state index is 12.4. The zero-order valence-corrected chi connectivity index (χ0v) is 21.5. The first-order valence-corrected chi connectivity index (χ1v) is 12.8. The van der Waals surface area contributed by atoms with E-state index in [2.05, 4.69) is 9.46 Å². The maximum Gasteiger partial charge on any atom is 0.324 e. The number of methoxy groups -OCH3 is 2. The molecular formula is C26H29ClN2O6S. The summed E-state index contributed by atoms with van der Waals surface area (Å²) >= 11 is 5.76. The maximum atomic E-state index is 12.4. The highest BCUT2D eigenvalue weighted by atomic mass is 35.5. The van der Waals surface area contributed by atoms with E-state index in [9.17, 15) is 18.0 Å². The van der Waals surface area contributed by atoms with Gasteiger partial charge in [-0.1, -0.05) is 72.3 Å². The quantitative estimate of drug-likeness (QED) is 0.405. The average Bonchev–Trinajstić information content (AvgIpc) is 2.89. The van der Waals surface area contributed by atoms with E-state index >= 15 is 0 Å². The van der Waals surface area contributed by atoms with Crippen molar-refractivity contribution in [2.45, 2.75) is 29.8 Å². The molecule has 3 aromatic carbocycles. The molecule has 0 aromatic heterocycles. The Kier molecular flexibility index (Phi) is 11.6. The lowest BCUT2D eigenvalue weighted by Gasteiger charge is -2.17. The number of hydrogen-bond donors (Lipinski definition) is 2. The zero-order chi connectivity index (χ0) is 26.6. The predicted octanol–water partition coefficient (Wildman–Crippen LogP) is 3.13. The number of rotatable bonds is 9. The summed E-state index contributed by atoms with van der Waals surface area (Å²) in [5.74, 6) is -1.02. The van der Waals surface area contributed by atoms with Crippen LogP contribution >= 0.6 is 11.6 Å². The lowest BCUT2D eigenvalue weighted by molar-refractivity contribution is -0.143. The van der Waals surface area contributed by atoms with Gasteiger partial charge in [0.1, 0.15) is 12.1 Å². The average molecular weight is 533 g/mol. The van der Waals surface area contributed by atoms with Crippen LogP contribution in [-0.2, 0) is 41.9 Å². The largest absolute Gasteiger partial charge is 0.468 e. The van der Waals surface area contributed by atoms with Crippen LogP contribution in [0.1, 0.15) is 11.1 Å². The van der Waals surface area contributed by atoms with Crippen molar-refractivity contribution >= 4 is 33.6 Å². The molecule has 2 atom stereocenters. The lowest BCUT2D eigenvalue weighted by atomic mass is 10.1. The van der Waals surface area contributed by atoms with E-state index in [-0.39, 0.29) is 17.3 Å². The molecule has 2 unspecified atom stereocenters. The van der Waals surface area contributed by atoms with Crippen LogP contribution in [0, 0.1) is 0 Å². The molecule has 0 radical (unpaired) electrons. The monoisotopic (exact) mass is 532 g/mol. The van der Waals surface area contributed by atoms with Gasteiger partial charge in [-0.3, -0.25) is 9.59 Å². The Morgan fingerprint density at radius 3 is 1.75 bits per heavy atom.